The van der Waals surface area contributed by atoms with Crippen molar-refractivity contribution in [2.75, 3.05) is 19.8 Å². The average Bonchev–Trinajstić information content (AvgIpc) is 1.81. The highest BCUT2D eigenvalue weighted by atomic mass is 16.5. The first-order chi connectivity index (χ1) is 5.71. The molecule has 0 aliphatic carbocycles. The summed E-state index contributed by atoms with van der Waals surface area (Å²) in [6, 6.07) is 0. The van der Waals surface area contributed by atoms with E-state index in [0.717, 1.165) is 19.8 Å². The van der Waals surface area contributed by atoms with Crippen LogP contribution in [0.4, 0.5) is 0 Å². The molecule has 80 valence electrons. The Morgan fingerprint density at radius 3 is 1.92 bits per heavy atom. The van der Waals surface area contributed by atoms with Crippen molar-refractivity contribution < 1.29 is 4.74 Å². The van der Waals surface area contributed by atoms with E-state index in [-0.39, 0.29) is 11.0 Å². The van der Waals surface area contributed by atoms with Crippen molar-refractivity contribution in [1.82, 2.24) is 5.32 Å². The quantitative estimate of drug-likeness (QED) is 0.683. The topological polar surface area (TPSA) is 21.3 Å². The number of nitrogens with one attached hydrogen (secondary N) is 1. The molecule has 0 aliphatic heterocycles. The summed E-state index contributed by atoms with van der Waals surface area (Å²) < 4.78 is 5.53. The zero-order valence-corrected chi connectivity index (χ0v) is 10.0. The van der Waals surface area contributed by atoms with Crippen LogP contribution >= 0.6 is 0 Å². The number of ether oxygens (including phenoxy) is 1. The van der Waals surface area contributed by atoms with Crippen molar-refractivity contribution in [3.05, 3.63) is 0 Å². The Balaban J connectivity index is 3.28. The Hall–Kier alpha value is -0.0800. The van der Waals surface area contributed by atoms with Gasteiger partial charge in [0, 0.05) is 12.1 Å². The smallest absolute Gasteiger partial charge is 0.0591 e. The summed E-state index contributed by atoms with van der Waals surface area (Å²) in [7, 11) is 0. The fraction of sp³-hybridized carbons (Fsp3) is 1.00. The molecule has 2 nitrogen and oxygen atoms in total. The lowest BCUT2D eigenvalue weighted by Crippen LogP contribution is -2.38. The second kappa shape index (κ2) is 4.97. The Bertz CT molecular complexity index is 114. The van der Waals surface area contributed by atoms with Gasteiger partial charge in [-0.2, -0.15) is 0 Å². The highest BCUT2D eigenvalue weighted by Crippen LogP contribution is 2.12. The van der Waals surface area contributed by atoms with Crippen molar-refractivity contribution in [3.63, 3.8) is 0 Å². The maximum absolute atomic E-state index is 5.53. The molecular weight excluding hydrogens is 162 g/mol. The average molecular weight is 187 g/mol. The van der Waals surface area contributed by atoms with Crippen LogP contribution in [0.25, 0.3) is 0 Å². The first-order valence-electron chi connectivity index (χ1n) is 5.03. The van der Waals surface area contributed by atoms with E-state index < -0.39 is 0 Å². The predicted molar refractivity (Wildman–Crippen MR) is 58.0 cm³/mol. The zero-order chi connectivity index (χ0) is 10.5. The molecular formula is C11H25NO. The highest BCUT2D eigenvalue weighted by Gasteiger charge is 2.10. The van der Waals surface area contributed by atoms with Crippen molar-refractivity contribution in [2.45, 2.75) is 47.1 Å². The predicted octanol–water partition coefficient (Wildman–Crippen LogP) is 2.44. The maximum atomic E-state index is 5.53. The molecule has 0 aromatic heterocycles. The van der Waals surface area contributed by atoms with E-state index >= 15 is 0 Å². The van der Waals surface area contributed by atoms with E-state index in [0.29, 0.717) is 0 Å². The van der Waals surface area contributed by atoms with Crippen LogP contribution in [-0.2, 0) is 4.74 Å². The number of hydrogen-bond acceptors (Lipinski definition) is 2. The summed E-state index contributed by atoms with van der Waals surface area (Å²) in [6.45, 7) is 15.6. The molecule has 1 N–H and O–H groups in total. The molecule has 0 saturated heterocycles. The molecule has 0 spiro atoms. The third-order valence-corrected chi connectivity index (χ3v) is 1.44. The van der Waals surface area contributed by atoms with E-state index in [1.807, 2.05) is 0 Å². The third-order valence-electron chi connectivity index (χ3n) is 1.44. The van der Waals surface area contributed by atoms with Gasteiger partial charge in [-0.15, -0.1) is 0 Å². The lowest BCUT2D eigenvalue weighted by molar-refractivity contribution is 0.0704. The van der Waals surface area contributed by atoms with Gasteiger partial charge in [-0.1, -0.05) is 20.8 Å². The van der Waals surface area contributed by atoms with Crippen molar-refractivity contribution >= 4 is 0 Å². The van der Waals surface area contributed by atoms with Crippen LogP contribution in [0.1, 0.15) is 41.5 Å². The van der Waals surface area contributed by atoms with Gasteiger partial charge in [0.1, 0.15) is 0 Å². The van der Waals surface area contributed by atoms with E-state index in [9.17, 15) is 0 Å². The SMILES string of the molecule is CC(C)(C)COCCNC(C)(C)C. The molecule has 13 heavy (non-hydrogen) atoms. The molecule has 0 amide bonds. The first kappa shape index (κ1) is 12.9. The summed E-state index contributed by atoms with van der Waals surface area (Å²) in [5.41, 5.74) is 0.479. The normalized spacial score (nSPS) is 13.4. The molecule has 0 radical (unpaired) electrons. The van der Waals surface area contributed by atoms with Gasteiger partial charge in [0.2, 0.25) is 0 Å². The standard InChI is InChI=1S/C11H25NO/c1-10(2,3)9-13-8-7-12-11(4,5)6/h12H,7-9H2,1-6H3. The van der Waals surface area contributed by atoms with Crippen LogP contribution in [0.3, 0.4) is 0 Å². The van der Waals surface area contributed by atoms with Gasteiger partial charge in [-0.05, 0) is 26.2 Å². The van der Waals surface area contributed by atoms with Crippen LogP contribution in [0, 0.1) is 5.41 Å². The number of hydrogen-bond donors (Lipinski definition) is 1. The molecule has 0 saturated carbocycles. The molecule has 0 fully saturated rings. The Labute approximate surface area is 83.1 Å². The summed E-state index contributed by atoms with van der Waals surface area (Å²) in [5.74, 6) is 0. The van der Waals surface area contributed by atoms with E-state index in [1.54, 1.807) is 0 Å². The molecule has 0 bridgehead atoms. The van der Waals surface area contributed by atoms with Gasteiger partial charge in [-0.3, -0.25) is 0 Å². The van der Waals surface area contributed by atoms with Crippen LogP contribution in [0.2, 0.25) is 0 Å². The van der Waals surface area contributed by atoms with Gasteiger partial charge >= 0.3 is 0 Å². The minimum absolute atomic E-state index is 0.199. The maximum Gasteiger partial charge on any atom is 0.0591 e. The highest BCUT2D eigenvalue weighted by molar-refractivity contribution is 4.69. The molecule has 0 aromatic carbocycles. The molecule has 0 aromatic rings. The lowest BCUT2D eigenvalue weighted by atomic mass is 9.99. The van der Waals surface area contributed by atoms with Gasteiger partial charge in [-0.25, -0.2) is 0 Å². The van der Waals surface area contributed by atoms with E-state index in [2.05, 4.69) is 46.9 Å². The van der Waals surface area contributed by atoms with Crippen molar-refractivity contribution in [2.24, 2.45) is 5.41 Å². The Morgan fingerprint density at radius 2 is 1.54 bits per heavy atom. The van der Waals surface area contributed by atoms with Gasteiger partial charge in [0.15, 0.2) is 0 Å². The monoisotopic (exact) mass is 187 g/mol. The molecule has 0 aliphatic rings. The fourth-order valence-electron chi connectivity index (χ4n) is 0.877. The molecule has 0 rings (SSSR count). The minimum atomic E-state index is 0.199. The largest absolute Gasteiger partial charge is 0.380 e. The van der Waals surface area contributed by atoms with Crippen molar-refractivity contribution in [3.8, 4) is 0 Å². The summed E-state index contributed by atoms with van der Waals surface area (Å²) >= 11 is 0. The minimum Gasteiger partial charge on any atom is -0.380 e. The Morgan fingerprint density at radius 1 is 1.00 bits per heavy atom. The second-order valence-electron chi connectivity index (χ2n) is 5.79. The third kappa shape index (κ3) is 11.9. The van der Waals surface area contributed by atoms with Crippen LogP contribution < -0.4 is 5.32 Å². The van der Waals surface area contributed by atoms with Gasteiger partial charge in [0.05, 0.1) is 13.2 Å². The number of rotatable bonds is 4. The van der Waals surface area contributed by atoms with Crippen LogP contribution in [0.15, 0.2) is 0 Å². The molecule has 2 heteroatoms. The first-order valence-corrected chi connectivity index (χ1v) is 5.03. The lowest BCUT2D eigenvalue weighted by Gasteiger charge is -2.22. The zero-order valence-electron chi connectivity index (χ0n) is 10.0. The summed E-state index contributed by atoms with van der Waals surface area (Å²) in [5, 5.41) is 3.38. The van der Waals surface area contributed by atoms with Gasteiger partial charge in [0.25, 0.3) is 0 Å². The summed E-state index contributed by atoms with van der Waals surface area (Å²) in [6.07, 6.45) is 0. The van der Waals surface area contributed by atoms with Crippen LogP contribution in [0.5, 0.6) is 0 Å². The van der Waals surface area contributed by atoms with Gasteiger partial charge < -0.3 is 10.1 Å². The fourth-order valence-corrected chi connectivity index (χ4v) is 0.877. The van der Waals surface area contributed by atoms with Crippen molar-refractivity contribution in [1.29, 1.82) is 0 Å². The van der Waals surface area contributed by atoms with E-state index in [1.165, 1.54) is 0 Å². The molecule has 0 unspecified atom stereocenters. The Kier molecular flexibility index (Phi) is 4.93. The summed E-state index contributed by atoms with van der Waals surface area (Å²) in [4.78, 5) is 0. The second-order valence-corrected chi connectivity index (χ2v) is 5.79. The van der Waals surface area contributed by atoms with Crippen LogP contribution in [-0.4, -0.2) is 25.3 Å². The van der Waals surface area contributed by atoms with E-state index in [4.69, 9.17) is 4.74 Å². The molecule has 0 atom stereocenters. The molecule has 0 heterocycles.